The van der Waals surface area contributed by atoms with E-state index in [1.165, 1.54) is 0 Å². The number of rotatable bonds is 5. The second-order valence-electron chi connectivity index (χ2n) is 2.67. The molecule has 0 aromatic heterocycles. The third kappa shape index (κ3) is 5.79. The van der Waals surface area contributed by atoms with Crippen molar-refractivity contribution in [2.45, 2.75) is 31.9 Å². The fourth-order valence-corrected chi connectivity index (χ4v) is 3.06. The van der Waals surface area contributed by atoms with Gasteiger partial charge in [-0.05, 0) is 12.2 Å². The molecule has 0 N–H and O–H groups in total. The third-order valence-electron chi connectivity index (χ3n) is 1.37. The molecular formula is C7H14F2S2. The minimum atomic E-state index is -2.16. The number of hydrogen-bond acceptors (Lipinski definition) is 2. The second-order valence-corrected chi connectivity index (χ2v) is 5.38. The van der Waals surface area contributed by atoms with Gasteiger partial charge in [0.1, 0.15) is 0 Å². The Hall–Kier alpha value is 0.560. The van der Waals surface area contributed by atoms with E-state index >= 15 is 0 Å². The molecule has 0 heterocycles. The molecule has 0 bridgehead atoms. The highest BCUT2D eigenvalue weighted by molar-refractivity contribution is 8.76. The Morgan fingerprint density at radius 1 is 1.27 bits per heavy atom. The summed E-state index contributed by atoms with van der Waals surface area (Å²) in [5.41, 5.74) is 0. The van der Waals surface area contributed by atoms with Gasteiger partial charge in [-0.25, -0.2) is 8.78 Å². The number of alkyl halides is 2. The number of halogens is 2. The van der Waals surface area contributed by atoms with E-state index in [-0.39, 0.29) is 11.7 Å². The molecule has 11 heavy (non-hydrogen) atoms. The van der Waals surface area contributed by atoms with Gasteiger partial charge in [-0.2, -0.15) is 0 Å². The fraction of sp³-hybridized carbons (Fsp3) is 1.00. The van der Waals surface area contributed by atoms with E-state index in [2.05, 4.69) is 0 Å². The van der Waals surface area contributed by atoms with E-state index in [9.17, 15) is 8.78 Å². The first kappa shape index (κ1) is 11.6. The van der Waals surface area contributed by atoms with Crippen LogP contribution in [0.1, 0.15) is 20.3 Å². The van der Waals surface area contributed by atoms with E-state index in [1.807, 2.05) is 20.1 Å². The van der Waals surface area contributed by atoms with Crippen LogP contribution >= 0.6 is 21.6 Å². The lowest BCUT2D eigenvalue weighted by molar-refractivity contribution is 0.132. The van der Waals surface area contributed by atoms with Crippen LogP contribution in [0.5, 0.6) is 0 Å². The Morgan fingerprint density at radius 2 is 1.82 bits per heavy atom. The van der Waals surface area contributed by atoms with Crippen molar-refractivity contribution in [2.75, 3.05) is 6.26 Å². The Balaban J connectivity index is 3.69. The topological polar surface area (TPSA) is 0 Å². The van der Waals surface area contributed by atoms with E-state index < -0.39 is 6.43 Å². The van der Waals surface area contributed by atoms with Crippen molar-refractivity contribution in [3.63, 3.8) is 0 Å². The van der Waals surface area contributed by atoms with Gasteiger partial charge in [-0.3, -0.25) is 0 Å². The molecular weight excluding hydrogens is 186 g/mol. The maximum Gasteiger partial charge on any atom is 0.239 e. The molecule has 4 heteroatoms. The molecule has 0 nitrogen and oxygen atoms in total. The van der Waals surface area contributed by atoms with Crippen molar-refractivity contribution >= 4 is 21.6 Å². The smallest absolute Gasteiger partial charge is 0.210 e. The summed E-state index contributed by atoms with van der Waals surface area (Å²) in [4.78, 5) is 0. The van der Waals surface area contributed by atoms with E-state index in [1.54, 1.807) is 21.6 Å². The first-order valence-electron chi connectivity index (χ1n) is 3.55. The quantitative estimate of drug-likeness (QED) is 0.621. The van der Waals surface area contributed by atoms with Gasteiger partial charge in [0, 0.05) is 11.7 Å². The van der Waals surface area contributed by atoms with Crippen LogP contribution < -0.4 is 0 Å². The maximum atomic E-state index is 11.9. The lowest BCUT2D eigenvalue weighted by Gasteiger charge is -2.17. The fourth-order valence-electron chi connectivity index (χ4n) is 0.722. The lowest BCUT2D eigenvalue weighted by atomic mass is 10.1. The number of hydrogen-bond donors (Lipinski definition) is 0. The molecule has 0 saturated carbocycles. The molecule has 0 aliphatic heterocycles. The zero-order valence-electron chi connectivity index (χ0n) is 7.01. The minimum Gasteiger partial charge on any atom is -0.210 e. The minimum absolute atomic E-state index is 0.0170. The monoisotopic (exact) mass is 200 g/mol. The van der Waals surface area contributed by atoms with Gasteiger partial charge in [0.25, 0.3) is 0 Å². The van der Waals surface area contributed by atoms with Gasteiger partial charge in [-0.15, -0.1) is 0 Å². The summed E-state index contributed by atoms with van der Waals surface area (Å²) >= 11 is 0. The van der Waals surface area contributed by atoms with Crippen LogP contribution in [0.2, 0.25) is 0 Å². The summed E-state index contributed by atoms with van der Waals surface area (Å²) in [6.45, 7) is 3.96. The van der Waals surface area contributed by atoms with Crippen LogP contribution in [0, 0.1) is 5.92 Å². The molecule has 1 atom stereocenters. The molecule has 0 amide bonds. The highest BCUT2D eigenvalue weighted by Gasteiger charge is 2.18. The Labute approximate surface area is 74.9 Å². The van der Waals surface area contributed by atoms with Crippen molar-refractivity contribution in [3.8, 4) is 0 Å². The summed E-state index contributed by atoms with van der Waals surface area (Å²) in [6, 6.07) is 0. The molecule has 0 aliphatic rings. The van der Waals surface area contributed by atoms with Crippen molar-refractivity contribution in [2.24, 2.45) is 5.92 Å². The van der Waals surface area contributed by atoms with Crippen LogP contribution in [0.15, 0.2) is 0 Å². The van der Waals surface area contributed by atoms with Gasteiger partial charge in [0.2, 0.25) is 6.43 Å². The van der Waals surface area contributed by atoms with Gasteiger partial charge in [0.05, 0.1) is 0 Å². The standard InChI is InChI=1S/C7H14F2S2/c1-5(2)6(11-10-3)4-7(8)9/h5-7H,4H2,1-3H3/t6-/m0/s1. The molecule has 0 spiro atoms. The van der Waals surface area contributed by atoms with Crippen LogP contribution in [0.25, 0.3) is 0 Å². The Kier molecular flexibility index (Phi) is 6.43. The summed E-state index contributed by atoms with van der Waals surface area (Å²) in [5.74, 6) is 0.335. The summed E-state index contributed by atoms with van der Waals surface area (Å²) in [5, 5.41) is 0.0880. The average Bonchev–Trinajstić information content (AvgIpc) is 1.86. The van der Waals surface area contributed by atoms with E-state index in [0.717, 1.165) is 0 Å². The highest BCUT2D eigenvalue weighted by atomic mass is 33.1. The average molecular weight is 200 g/mol. The van der Waals surface area contributed by atoms with Gasteiger partial charge < -0.3 is 0 Å². The van der Waals surface area contributed by atoms with Gasteiger partial charge in [0.15, 0.2) is 0 Å². The molecule has 0 aromatic carbocycles. The Morgan fingerprint density at radius 3 is 2.09 bits per heavy atom. The van der Waals surface area contributed by atoms with E-state index in [4.69, 9.17) is 0 Å². The van der Waals surface area contributed by atoms with Crippen molar-refractivity contribution in [3.05, 3.63) is 0 Å². The van der Waals surface area contributed by atoms with Crippen molar-refractivity contribution < 1.29 is 8.78 Å². The summed E-state index contributed by atoms with van der Waals surface area (Å²) in [6.07, 6.45) is -0.226. The molecule has 0 aromatic rings. The normalized spacial score (nSPS) is 14.5. The summed E-state index contributed by atoms with van der Waals surface area (Å²) in [7, 11) is 3.11. The first-order valence-corrected chi connectivity index (χ1v) is 6.17. The zero-order valence-corrected chi connectivity index (χ0v) is 8.64. The van der Waals surface area contributed by atoms with Gasteiger partial charge in [-0.1, -0.05) is 35.4 Å². The molecule has 0 aliphatic carbocycles. The third-order valence-corrected chi connectivity index (χ3v) is 3.87. The first-order chi connectivity index (χ1) is 5.07. The van der Waals surface area contributed by atoms with Crippen LogP contribution in [-0.2, 0) is 0 Å². The molecule has 0 saturated heterocycles. The van der Waals surface area contributed by atoms with Crippen molar-refractivity contribution in [1.82, 2.24) is 0 Å². The SMILES string of the molecule is CSS[C@@H](CC(F)F)C(C)C. The predicted octanol–water partition coefficient (Wildman–Crippen LogP) is 3.68. The predicted molar refractivity (Wildman–Crippen MR) is 50.4 cm³/mol. The van der Waals surface area contributed by atoms with Crippen LogP contribution in [0.3, 0.4) is 0 Å². The summed E-state index contributed by atoms with van der Waals surface area (Å²) < 4.78 is 23.9. The van der Waals surface area contributed by atoms with E-state index in [0.29, 0.717) is 5.92 Å². The largest absolute Gasteiger partial charge is 0.239 e. The maximum absolute atomic E-state index is 11.9. The molecule has 0 fully saturated rings. The zero-order chi connectivity index (χ0) is 8.85. The van der Waals surface area contributed by atoms with Crippen molar-refractivity contribution in [1.29, 1.82) is 0 Å². The molecule has 0 unspecified atom stereocenters. The molecule has 0 radical (unpaired) electrons. The Bertz CT molecular complexity index is 96.4. The highest BCUT2D eigenvalue weighted by Crippen LogP contribution is 2.32. The van der Waals surface area contributed by atoms with Crippen LogP contribution in [0.4, 0.5) is 8.78 Å². The van der Waals surface area contributed by atoms with Gasteiger partial charge >= 0.3 is 0 Å². The lowest BCUT2D eigenvalue weighted by Crippen LogP contribution is -2.13. The second kappa shape index (κ2) is 6.12. The molecule has 68 valence electrons. The molecule has 0 rings (SSSR count). The van der Waals surface area contributed by atoms with Crippen LogP contribution in [-0.4, -0.2) is 17.9 Å².